The number of carbonyl (C=O) groups is 2. The smallest absolute Gasteiger partial charge is 0.300 e. The highest BCUT2D eigenvalue weighted by Gasteiger charge is 2.47. The van der Waals surface area contributed by atoms with Gasteiger partial charge in [0.25, 0.3) is 11.7 Å². The van der Waals surface area contributed by atoms with Gasteiger partial charge >= 0.3 is 0 Å². The molecule has 3 aromatic carbocycles. The molecule has 5 rings (SSSR count). The van der Waals surface area contributed by atoms with Gasteiger partial charge in [-0.3, -0.25) is 14.5 Å². The molecule has 164 valence electrons. The molecule has 4 aromatic rings. The van der Waals surface area contributed by atoms with Gasteiger partial charge in [0.15, 0.2) is 0 Å². The van der Waals surface area contributed by atoms with Crippen molar-refractivity contribution in [1.29, 1.82) is 0 Å². The van der Waals surface area contributed by atoms with Crippen LogP contribution in [0.5, 0.6) is 5.75 Å². The zero-order chi connectivity index (χ0) is 22.9. The molecule has 2 heterocycles. The largest absolute Gasteiger partial charge is 0.507 e. The number of rotatable bonds is 5. The number of ether oxygens (including phenoxy) is 1. The molecule has 1 fully saturated rings. The molecule has 1 atom stereocenters. The van der Waals surface area contributed by atoms with Crippen LogP contribution in [0, 0.1) is 0 Å². The fourth-order valence-corrected chi connectivity index (χ4v) is 4.35. The normalized spacial score (nSPS) is 17.6. The summed E-state index contributed by atoms with van der Waals surface area (Å²) in [6.07, 6.45) is 1.66. The summed E-state index contributed by atoms with van der Waals surface area (Å²) in [6.45, 7) is 2.36. The SMILES string of the molecule is CCOc1cccc(N2C(=O)C(=O)/C(=C(\O)c3c[nH]c4ccccc34)C2c2ccccc2)c1. The Labute approximate surface area is 190 Å². The summed E-state index contributed by atoms with van der Waals surface area (Å²) in [4.78, 5) is 31.1. The Hall–Kier alpha value is -4.32. The quantitative estimate of drug-likeness (QED) is 0.255. The lowest BCUT2D eigenvalue weighted by Gasteiger charge is -2.25. The highest BCUT2D eigenvalue weighted by molar-refractivity contribution is 6.51. The van der Waals surface area contributed by atoms with Gasteiger partial charge < -0.3 is 14.8 Å². The van der Waals surface area contributed by atoms with Gasteiger partial charge in [-0.2, -0.15) is 0 Å². The molecule has 0 saturated carbocycles. The highest BCUT2D eigenvalue weighted by Crippen LogP contribution is 2.43. The second kappa shape index (κ2) is 8.31. The molecular weight excluding hydrogens is 416 g/mol. The second-order valence-corrected chi connectivity index (χ2v) is 7.76. The first-order chi connectivity index (χ1) is 16.1. The maximum Gasteiger partial charge on any atom is 0.300 e. The van der Waals surface area contributed by atoms with Gasteiger partial charge in [-0.1, -0.05) is 54.6 Å². The number of aromatic amines is 1. The number of aromatic nitrogens is 1. The van der Waals surface area contributed by atoms with Crippen LogP contribution in [0.25, 0.3) is 16.7 Å². The molecule has 6 heteroatoms. The van der Waals surface area contributed by atoms with Crippen molar-refractivity contribution in [3.63, 3.8) is 0 Å². The number of amides is 1. The van der Waals surface area contributed by atoms with Gasteiger partial charge in [0.05, 0.1) is 18.2 Å². The number of H-pyrrole nitrogens is 1. The van der Waals surface area contributed by atoms with Crippen LogP contribution in [0.2, 0.25) is 0 Å². The van der Waals surface area contributed by atoms with Gasteiger partial charge in [-0.25, -0.2) is 0 Å². The van der Waals surface area contributed by atoms with E-state index in [2.05, 4.69) is 4.98 Å². The van der Waals surface area contributed by atoms with Crippen molar-refractivity contribution < 1.29 is 19.4 Å². The fourth-order valence-electron chi connectivity index (χ4n) is 4.35. The lowest BCUT2D eigenvalue weighted by atomic mass is 9.95. The number of aliphatic hydroxyl groups is 1. The number of benzene rings is 3. The number of hydrogen-bond acceptors (Lipinski definition) is 4. The standard InChI is InChI=1S/C27H22N2O4/c1-2-33-19-12-8-11-18(15-19)29-24(17-9-4-3-5-10-17)23(26(31)27(29)32)25(30)21-16-28-22-14-7-6-13-20(21)22/h3-16,24,28,30H,2H2,1H3/b25-23-. The zero-order valence-corrected chi connectivity index (χ0v) is 18.0. The summed E-state index contributed by atoms with van der Waals surface area (Å²) in [5.74, 6) is -1.03. The van der Waals surface area contributed by atoms with Gasteiger partial charge in [0.2, 0.25) is 0 Å². The maximum absolute atomic E-state index is 13.3. The van der Waals surface area contributed by atoms with Crippen molar-refractivity contribution in [2.24, 2.45) is 0 Å². The number of hydrogen-bond donors (Lipinski definition) is 2. The molecule has 33 heavy (non-hydrogen) atoms. The summed E-state index contributed by atoms with van der Waals surface area (Å²) >= 11 is 0. The van der Waals surface area contributed by atoms with E-state index < -0.39 is 17.7 Å². The predicted molar refractivity (Wildman–Crippen MR) is 127 cm³/mol. The lowest BCUT2D eigenvalue weighted by molar-refractivity contribution is -0.132. The average Bonchev–Trinajstić information content (AvgIpc) is 3.39. The summed E-state index contributed by atoms with van der Waals surface area (Å²) < 4.78 is 5.60. The van der Waals surface area contributed by atoms with Crippen molar-refractivity contribution >= 4 is 34.0 Å². The first-order valence-corrected chi connectivity index (χ1v) is 10.8. The predicted octanol–water partition coefficient (Wildman–Crippen LogP) is 5.19. The van der Waals surface area contributed by atoms with Crippen LogP contribution >= 0.6 is 0 Å². The molecule has 1 aliphatic heterocycles. The molecule has 0 aliphatic carbocycles. The molecule has 1 amide bonds. The minimum absolute atomic E-state index is 0.0535. The van der Waals surface area contributed by atoms with Crippen LogP contribution < -0.4 is 9.64 Å². The number of nitrogens with zero attached hydrogens (tertiary/aromatic N) is 1. The number of nitrogens with one attached hydrogen (secondary N) is 1. The molecule has 1 aromatic heterocycles. The minimum Gasteiger partial charge on any atom is -0.507 e. The van der Waals surface area contributed by atoms with Crippen LogP contribution in [-0.2, 0) is 9.59 Å². The van der Waals surface area contributed by atoms with Crippen molar-refractivity contribution in [3.8, 4) is 5.75 Å². The first kappa shape index (κ1) is 20.6. The third kappa shape index (κ3) is 3.46. The van der Waals surface area contributed by atoms with E-state index in [0.717, 1.165) is 16.5 Å². The maximum atomic E-state index is 13.3. The van der Waals surface area contributed by atoms with E-state index in [1.807, 2.05) is 61.5 Å². The Balaban J connectivity index is 1.72. The molecular formula is C27H22N2O4. The number of fused-ring (bicyclic) bond motifs is 1. The number of Topliss-reactive ketones (excluding diaryl/α,β-unsaturated/α-hetero) is 1. The lowest BCUT2D eigenvalue weighted by Crippen LogP contribution is -2.29. The molecule has 1 unspecified atom stereocenters. The minimum atomic E-state index is -0.781. The van der Waals surface area contributed by atoms with Crippen molar-refractivity contribution in [3.05, 3.63) is 102 Å². The third-order valence-corrected chi connectivity index (χ3v) is 5.81. The highest BCUT2D eigenvalue weighted by atomic mass is 16.5. The number of anilines is 1. The van der Waals surface area contributed by atoms with Crippen molar-refractivity contribution in [1.82, 2.24) is 4.98 Å². The number of ketones is 1. The Bertz CT molecular complexity index is 1390. The van der Waals surface area contributed by atoms with E-state index in [1.165, 1.54) is 4.90 Å². The Morgan fingerprint density at radius 1 is 1.00 bits per heavy atom. The van der Waals surface area contributed by atoms with Crippen molar-refractivity contribution in [2.45, 2.75) is 13.0 Å². The van der Waals surface area contributed by atoms with Crippen LogP contribution in [-0.4, -0.2) is 28.4 Å². The molecule has 6 nitrogen and oxygen atoms in total. The number of para-hydroxylation sites is 1. The monoisotopic (exact) mass is 438 g/mol. The molecule has 1 aliphatic rings. The van der Waals surface area contributed by atoms with Crippen LogP contribution in [0.15, 0.2) is 90.6 Å². The number of aliphatic hydroxyl groups excluding tert-OH is 1. The van der Waals surface area contributed by atoms with Gasteiger partial charge in [-0.15, -0.1) is 0 Å². The van der Waals surface area contributed by atoms with Gasteiger partial charge in [0, 0.05) is 34.4 Å². The van der Waals surface area contributed by atoms with Gasteiger partial charge in [-0.05, 0) is 30.7 Å². The first-order valence-electron chi connectivity index (χ1n) is 10.8. The summed E-state index contributed by atoms with van der Waals surface area (Å²) in [6, 6.07) is 23.0. The summed E-state index contributed by atoms with van der Waals surface area (Å²) in [7, 11) is 0. The van der Waals surface area contributed by atoms with E-state index in [-0.39, 0.29) is 11.3 Å². The molecule has 1 saturated heterocycles. The van der Waals surface area contributed by atoms with Crippen molar-refractivity contribution in [2.75, 3.05) is 11.5 Å². The Morgan fingerprint density at radius 2 is 1.76 bits per heavy atom. The topological polar surface area (TPSA) is 82.6 Å². The molecule has 0 radical (unpaired) electrons. The Morgan fingerprint density at radius 3 is 2.55 bits per heavy atom. The number of carbonyl (C=O) groups excluding carboxylic acids is 2. The molecule has 0 spiro atoms. The summed E-state index contributed by atoms with van der Waals surface area (Å²) in [5.41, 5.74) is 2.61. The van der Waals surface area contributed by atoms with Crippen LogP contribution in [0.4, 0.5) is 5.69 Å². The van der Waals surface area contributed by atoms with E-state index in [0.29, 0.717) is 23.6 Å². The molecule has 0 bridgehead atoms. The van der Waals surface area contributed by atoms with E-state index in [9.17, 15) is 14.7 Å². The fraction of sp³-hybridized carbons (Fsp3) is 0.111. The molecule has 2 N–H and O–H groups in total. The van der Waals surface area contributed by atoms with Gasteiger partial charge in [0.1, 0.15) is 11.5 Å². The zero-order valence-electron chi connectivity index (χ0n) is 18.0. The third-order valence-electron chi connectivity index (χ3n) is 5.81. The van der Waals surface area contributed by atoms with Crippen LogP contribution in [0.3, 0.4) is 0 Å². The average molecular weight is 438 g/mol. The summed E-state index contributed by atoms with van der Waals surface area (Å²) in [5, 5.41) is 12.1. The Kier molecular flexibility index (Phi) is 5.18. The van der Waals surface area contributed by atoms with Crippen LogP contribution in [0.1, 0.15) is 24.1 Å². The van der Waals surface area contributed by atoms with E-state index >= 15 is 0 Å². The second-order valence-electron chi connectivity index (χ2n) is 7.76. The van der Waals surface area contributed by atoms with E-state index in [1.54, 1.807) is 30.5 Å². The van der Waals surface area contributed by atoms with E-state index in [4.69, 9.17) is 4.74 Å².